The van der Waals surface area contributed by atoms with Gasteiger partial charge in [-0.2, -0.15) is 0 Å². The molecule has 0 spiro atoms. The van der Waals surface area contributed by atoms with Crippen LogP contribution in [0.4, 0.5) is 0 Å². The van der Waals surface area contributed by atoms with Crippen molar-refractivity contribution in [1.29, 1.82) is 0 Å². The van der Waals surface area contributed by atoms with Gasteiger partial charge >= 0.3 is 0 Å². The summed E-state index contributed by atoms with van der Waals surface area (Å²) >= 11 is 0. The Morgan fingerprint density at radius 3 is 2.12 bits per heavy atom. The van der Waals surface area contributed by atoms with Crippen LogP contribution in [0, 0.1) is 11.3 Å². The first-order valence-electron chi connectivity index (χ1n) is 15.2. The van der Waals surface area contributed by atoms with Gasteiger partial charge in [-0.05, 0) is 98.2 Å². The lowest BCUT2D eigenvalue weighted by atomic mass is 9.61. The third-order valence-corrected chi connectivity index (χ3v) is 9.84. The third kappa shape index (κ3) is 6.51. The summed E-state index contributed by atoms with van der Waals surface area (Å²) in [5.41, 5.74) is 4.71. The van der Waals surface area contributed by atoms with E-state index in [-0.39, 0.29) is 17.3 Å². The first kappa shape index (κ1) is 30.5. The van der Waals surface area contributed by atoms with Crippen LogP contribution in [0.25, 0.3) is 0 Å². The van der Waals surface area contributed by atoms with Gasteiger partial charge in [0.2, 0.25) is 0 Å². The van der Waals surface area contributed by atoms with Crippen molar-refractivity contribution in [2.75, 3.05) is 20.8 Å². The molecule has 0 radical (unpaired) electrons. The van der Waals surface area contributed by atoms with Crippen molar-refractivity contribution in [3.63, 3.8) is 0 Å². The molecule has 1 saturated heterocycles. The topological polar surface area (TPSA) is 66.5 Å². The van der Waals surface area contributed by atoms with Crippen molar-refractivity contribution in [2.24, 2.45) is 11.3 Å². The summed E-state index contributed by atoms with van der Waals surface area (Å²) in [6.07, 6.45) is 6.05. The van der Waals surface area contributed by atoms with E-state index in [1.54, 1.807) is 14.2 Å². The van der Waals surface area contributed by atoms with Crippen LogP contribution in [0.1, 0.15) is 70.9 Å². The number of Topliss-reactive ketones (excluding diaryl/α,β-unsaturated/α-hetero) is 1. The first-order valence-corrected chi connectivity index (χ1v) is 15.2. The molecule has 5 atom stereocenters. The smallest absolute Gasteiger partial charge is 0.193 e. The molecular weight excluding hydrogens is 528 g/mol. The van der Waals surface area contributed by atoms with Gasteiger partial charge in [0.05, 0.1) is 40.1 Å². The quantitative estimate of drug-likeness (QED) is 0.230. The van der Waals surface area contributed by atoms with Crippen molar-refractivity contribution in [2.45, 2.75) is 90.8 Å². The minimum atomic E-state index is -0.443. The Morgan fingerprint density at radius 2 is 1.50 bits per heavy atom. The summed E-state index contributed by atoms with van der Waals surface area (Å²) in [5.74, 6) is 2.00. The number of hydrogen-bond donors (Lipinski definition) is 0. The van der Waals surface area contributed by atoms with E-state index in [1.807, 2.05) is 48.5 Å². The summed E-state index contributed by atoms with van der Waals surface area (Å²) in [5, 5.41) is 0. The SMILES string of the molecule is COc1ccc(COCC2=C3C(=O)[C@H]4O[C@@]4(C)CCC=C(C)CC[C@]2(C)[C@@H](C)C[C@@H]3OCc2ccc(OC)cc2)cc1. The van der Waals surface area contributed by atoms with Crippen LogP contribution in [-0.4, -0.2) is 44.4 Å². The maximum Gasteiger partial charge on any atom is 0.193 e. The minimum Gasteiger partial charge on any atom is -0.497 e. The van der Waals surface area contributed by atoms with Crippen LogP contribution in [0.2, 0.25) is 0 Å². The molecule has 0 aromatic heterocycles. The van der Waals surface area contributed by atoms with Gasteiger partial charge in [-0.1, -0.05) is 49.8 Å². The van der Waals surface area contributed by atoms with Crippen molar-refractivity contribution < 1.29 is 28.5 Å². The zero-order valence-electron chi connectivity index (χ0n) is 26.0. The molecule has 6 heteroatoms. The molecule has 6 nitrogen and oxygen atoms in total. The number of allylic oxidation sites excluding steroid dienone is 2. The molecule has 2 bridgehead atoms. The van der Waals surface area contributed by atoms with Crippen LogP contribution in [0.15, 0.2) is 71.3 Å². The fraction of sp³-hybridized carbons (Fsp3) is 0.528. The van der Waals surface area contributed by atoms with Gasteiger partial charge in [-0.25, -0.2) is 0 Å². The van der Waals surface area contributed by atoms with Gasteiger partial charge in [0.25, 0.3) is 0 Å². The molecule has 1 aliphatic heterocycles. The molecule has 1 heterocycles. The van der Waals surface area contributed by atoms with E-state index < -0.39 is 11.7 Å². The molecule has 226 valence electrons. The van der Waals surface area contributed by atoms with Crippen LogP contribution >= 0.6 is 0 Å². The van der Waals surface area contributed by atoms with Gasteiger partial charge < -0.3 is 23.7 Å². The number of ketones is 1. The predicted octanol–water partition coefficient (Wildman–Crippen LogP) is 7.40. The number of benzene rings is 2. The monoisotopic (exact) mass is 574 g/mol. The summed E-state index contributed by atoms with van der Waals surface area (Å²) < 4.78 is 29.8. The molecule has 2 aliphatic carbocycles. The second-order valence-corrected chi connectivity index (χ2v) is 12.7. The van der Waals surface area contributed by atoms with Gasteiger partial charge in [0, 0.05) is 5.57 Å². The van der Waals surface area contributed by atoms with E-state index >= 15 is 0 Å². The van der Waals surface area contributed by atoms with Crippen molar-refractivity contribution in [1.82, 2.24) is 0 Å². The molecule has 0 saturated carbocycles. The average molecular weight is 575 g/mol. The van der Waals surface area contributed by atoms with Crippen LogP contribution in [-0.2, 0) is 32.2 Å². The second-order valence-electron chi connectivity index (χ2n) is 12.7. The minimum absolute atomic E-state index is 0.0691. The normalized spacial score (nSPS) is 29.6. The van der Waals surface area contributed by atoms with Gasteiger partial charge in [0.1, 0.15) is 23.2 Å². The molecule has 1 fully saturated rings. The highest BCUT2D eigenvalue weighted by Crippen LogP contribution is 2.52. The second kappa shape index (κ2) is 12.7. The lowest BCUT2D eigenvalue weighted by Gasteiger charge is -2.46. The van der Waals surface area contributed by atoms with Gasteiger partial charge in [-0.15, -0.1) is 0 Å². The third-order valence-electron chi connectivity index (χ3n) is 9.84. The zero-order chi connectivity index (χ0) is 29.9. The van der Waals surface area contributed by atoms with E-state index in [0.717, 1.165) is 65.9 Å². The molecule has 0 unspecified atom stereocenters. The Labute approximate surface area is 251 Å². The largest absolute Gasteiger partial charge is 0.497 e. The van der Waals surface area contributed by atoms with Gasteiger partial charge in [0.15, 0.2) is 5.78 Å². The highest BCUT2D eigenvalue weighted by molar-refractivity contribution is 6.03. The van der Waals surface area contributed by atoms with E-state index in [2.05, 4.69) is 33.8 Å². The standard InChI is InChI=1S/C36H46O6/c1-24-8-7-18-36(4)34(42-36)33(37)32-30(23-40-21-26-9-13-28(38-5)14-10-26)35(3,19-17-24)25(2)20-31(32)41-22-27-11-15-29(39-6)16-12-27/h8-16,25,31,34H,7,17-23H2,1-6H3/t25-,31-,34+,35+,36-/m0/s1. The summed E-state index contributed by atoms with van der Waals surface area (Å²) in [6, 6.07) is 15.8. The average Bonchev–Trinajstić information content (AvgIpc) is 3.68. The van der Waals surface area contributed by atoms with Crippen LogP contribution < -0.4 is 9.47 Å². The predicted molar refractivity (Wildman–Crippen MR) is 164 cm³/mol. The molecule has 2 aromatic carbocycles. The maximum atomic E-state index is 14.4. The highest BCUT2D eigenvalue weighted by Gasteiger charge is 2.59. The molecular formula is C36H46O6. The summed E-state index contributed by atoms with van der Waals surface area (Å²) in [7, 11) is 3.33. The Bertz CT molecular complexity index is 1310. The summed E-state index contributed by atoms with van der Waals surface area (Å²) in [6.45, 7) is 10.2. The number of epoxide rings is 1. The number of carbonyl (C=O) groups is 1. The number of fused-ring (bicyclic) bond motifs is 2. The Balaban J connectivity index is 1.49. The van der Waals surface area contributed by atoms with E-state index in [0.29, 0.717) is 25.7 Å². The van der Waals surface area contributed by atoms with E-state index in [1.165, 1.54) is 5.57 Å². The van der Waals surface area contributed by atoms with Crippen molar-refractivity contribution in [3.8, 4) is 11.5 Å². The molecule has 0 N–H and O–H groups in total. The van der Waals surface area contributed by atoms with E-state index in [4.69, 9.17) is 23.7 Å². The Kier molecular flexibility index (Phi) is 9.26. The number of methoxy groups -OCH3 is 2. The van der Waals surface area contributed by atoms with Crippen molar-refractivity contribution in [3.05, 3.63) is 82.5 Å². The Morgan fingerprint density at radius 1 is 0.881 bits per heavy atom. The molecule has 0 amide bonds. The van der Waals surface area contributed by atoms with Crippen LogP contribution in [0.5, 0.6) is 11.5 Å². The lowest BCUT2D eigenvalue weighted by molar-refractivity contribution is -0.119. The molecule has 3 aliphatic rings. The maximum absolute atomic E-state index is 14.4. The number of carbonyl (C=O) groups excluding carboxylic acids is 1. The highest BCUT2D eigenvalue weighted by atomic mass is 16.6. The summed E-state index contributed by atoms with van der Waals surface area (Å²) in [4.78, 5) is 14.4. The molecule has 42 heavy (non-hydrogen) atoms. The Hall–Kier alpha value is -2.93. The lowest BCUT2D eigenvalue weighted by Crippen LogP contribution is -2.43. The van der Waals surface area contributed by atoms with Crippen molar-refractivity contribution >= 4 is 5.78 Å². The number of ether oxygens (including phenoxy) is 5. The zero-order valence-corrected chi connectivity index (χ0v) is 26.0. The number of rotatable bonds is 9. The number of hydrogen-bond acceptors (Lipinski definition) is 6. The fourth-order valence-corrected chi connectivity index (χ4v) is 6.57. The first-order chi connectivity index (χ1) is 20.2. The van der Waals surface area contributed by atoms with Crippen LogP contribution in [0.3, 0.4) is 0 Å². The fourth-order valence-electron chi connectivity index (χ4n) is 6.57. The molecule has 5 rings (SSSR count). The van der Waals surface area contributed by atoms with E-state index in [9.17, 15) is 4.79 Å². The van der Waals surface area contributed by atoms with Gasteiger partial charge in [-0.3, -0.25) is 4.79 Å². The molecule has 2 aromatic rings.